The van der Waals surface area contributed by atoms with Crippen molar-refractivity contribution in [1.29, 1.82) is 5.26 Å². The fourth-order valence-corrected chi connectivity index (χ4v) is 1.72. The Hall–Kier alpha value is -2.23. The summed E-state index contributed by atoms with van der Waals surface area (Å²) in [7, 11) is 0. The minimum atomic E-state index is -4.49. The highest BCUT2D eigenvalue weighted by Gasteiger charge is 2.31. The molecule has 0 aromatic heterocycles. The number of nitriles is 1. The van der Waals surface area contributed by atoms with Crippen molar-refractivity contribution in [2.24, 2.45) is 5.92 Å². The average Bonchev–Trinajstić information content (AvgIpc) is 2.42. The number of nitrogens with one attached hydrogen (secondary N) is 1. The number of hydrogen-bond acceptors (Lipinski definition) is 3. The van der Waals surface area contributed by atoms with Gasteiger partial charge < -0.3 is 10.4 Å². The molecule has 0 heterocycles. The zero-order valence-electron chi connectivity index (χ0n) is 11.4. The van der Waals surface area contributed by atoms with E-state index in [9.17, 15) is 18.0 Å². The van der Waals surface area contributed by atoms with E-state index in [1.165, 1.54) is 6.07 Å². The average molecular weight is 300 g/mol. The Labute approximate surface area is 120 Å². The molecule has 4 nitrogen and oxygen atoms in total. The maximum absolute atomic E-state index is 12.5. The van der Waals surface area contributed by atoms with Crippen LogP contribution in [-0.2, 0) is 11.0 Å². The Bertz CT molecular complexity index is 550. The second-order valence-corrected chi connectivity index (χ2v) is 4.68. The molecule has 2 N–H and O–H groups in total. The summed E-state index contributed by atoms with van der Waals surface area (Å²) in [6, 6.07) is 4.63. The van der Waals surface area contributed by atoms with Crippen LogP contribution in [0.1, 0.15) is 30.9 Å². The number of carboxylic acid groups (broad SMARTS) is 1. The largest absolute Gasteiger partial charge is 0.481 e. The van der Waals surface area contributed by atoms with E-state index in [-0.39, 0.29) is 5.56 Å². The van der Waals surface area contributed by atoms with Crippen molar-refractivity contribution in [1.82, 2.24) is 0 Å². The maximum atomic E-state index is 12.5. The molecule has 0 aliphatic heterocycles. The number of hydrogen-bond donors (Lipinski definition) is 2. The topological polar surface area (TPSA) is 73.1 Å². The van der Waals surface area contributed by atoms with E-state index in [1.807, 2.05) is 0 Å². The molecule has 1 aromatic rings. The minimum Gasteiger partial charge on any atom is -0.481 e. The van der Waals surface area contributed by atoms with Crippen LogP contribution in [0.4, 0.5) is 18.9 Å². The second-order valence-electron chi connectivity index (χ2n) is 4.68. The fourth-order valence-electron chi connectivity index (χ4n) is 1.72. The lowest BCUT2D eigenvalue weighted by molar-refractivity contribution is -0.141. The predicted octanol–water partition coefficient (Wildman–Crippen LogP) is 3.49. The molecular weight excluding hydrogens is 285 g/mol. The number of halogens is 3. The highest BCUT2D eigenvalue weighted by Crippen LogP contribution is 2.31. The number of anilines is 1. The van der Waals surface area contributed by atoms with Crippen molar-refractivity contribution in [3.05, 3.63) is 29.3 Å². The molecule has 21 heavy (non-hydrogen) atoms. The molecular formula is C14H15F3N2O2. The predicted molar refractivity (Wildman–Crippen MR) is 70.7 cm³/mol. The molecule has 0 saturated carbocycles. The van der Waals surface area contributed by atoms with E-state index in [0.29, 0.717) is 25.1 Å². The molecule has 0 aliphatic carbocycles. The van der Waals surface area contributed by atoms with Crippen molar-refractivity contribution in [3.8, 4) is 6.07 Å². The van der Waals surface area contributed by atoms with Crippen molar-refractivity contribution < 1.29 is 23.1 Å². The number of carbonyl (C=O) groups is 1. The smallest absolute Gasteiger partial charge is 0.416 e. The van der Waals surface area contributed by atoms with Gasteiger partial charge in [-0.15, -0.1) is 0 Å². The third-order valence-electron chi connectivity index (χ3n) is 3.02. The van der Waals surface area contributed by atoms with Crippen molar-refractivity contribution in [3.63, 3.8) is 0 Å². The number of aliphatic carboxylic acids is 1. The molecule has 1 rings (SSSR count). The quantitative estimate of drug-likeness (QED) is 0.789. The lowest BCUT2D eigenvalue weighted by atomic mass is 10.1. The van der Waals surface area contributed by atoms with Crippen molar-refractivity contribution in [2.75, 3.05) is 11.9 Å². The Morgan fingerprint density at radius 3 is 2.67 bits per heavy atom. The number of benzene rings is 1. The number of carboxylic acids is 1. The van der Waals surface area contributed by atoms with Gasteiger partial charge in [0.15, 0.2) is 0 Å². The van der Waals surface area contributed by atoms with Gasteiger partial charge in [0.05, 0.1) is 22.7 Å². The molecule has 1 atom stereocenters. The number of alkyl halides is 3. The normalized spacial score (nSPS) is 12.5. The van der Waals surface area contributed by atoms with E-state index in [4.69, 9.17) is 10.4 Å². The second kappa shape index (κ2) is 6.97. The number of rotatable bonds is 6. The van der Waals surface area contributed by atoms with Gasteiger partial charge in [-0.05, 0) is 31.0 Å². The Kier molecular flexibility index (Phi) is 5.59. The van der Waals surface area contributed by atoms with Gasteiger partial charge >= 0.3 is 12.1 Å². The van der Waals surface area contributed by atoms with Crippen LogP contribution in [-0.4, -0.2) is 17.6 Å². The molecule has 0 amide bonds. The lowest BCUT2D eigenvalue weighted by Gasteiger charge is -2.12. The highest BCUT2D eigenvalue weighted by atomic mass is 19.4. The molecule has 114 valence electrons. The van der Waals surface area contributed by atoms with Gasteiger partial charge in [-0.1, -0.05) is 6.92 Å². The molecule has 0 aliphatic rings. The molecule has 1 aromatic carbocycles. The first-order chi connectivity index (χ1) is 9.75. The summed E-state index contributed by atoms with van der Waals surface area (Å²) in [5, 5.41) is 20.5. The third kappa shape index (κ3) is 4.99. The first-order valence-corrected chi connectivity index (χ1v) is 6.33. The summed E-state index contributed by atoms with van der Waals surface area (Å²) in [5.41, 5.74) is -0.645. The first kappa shape index (κ1) is 16.8. The molecule has 0 fully saturated rings. The van der Waals surface area contributed by atoms with Gasteiger partial charge in [0.1, 0.15) is 6.07 Å². The van der Waals surface area contributed by atoms with Crippen LogP contribution >= 0.6 is 0 Å². The van der Waals surface area contributed by atoms with Crippen molar-refractivity contribution in [2.45, 2.75) is 25.9 Å². The van der Waals surface area contributed by atoms with Gasteiger partial charge in [-0.2, -0.15) is 18.4 Å². The zero-order chi connectivity index (χ0) is 16.0. The first-order valence-electron chi connectivity index (χ1n) is 6.33. The fraction of sp³-hybridized carbons (Fsp3) is 0.429. The Morgan fingerprint density at radius 1 is 1.48 bits per heavy atom. The van der Waals surface area contributed by atoms with Gasteiger partial charge in [0, 0.05) is 6.54 Å². The molecule has 0 radical (unpaired) electrons. The summed E-state index contributed by atoms with van der Waals surface area (Å²) in [6.07, 6.45) is -3.49. The van der Waals surface area contributed by atoms with Crippen LogP contribution in [0.15, 0.2) is 18.2 Å². The highest BCUT2D eigenvalue weighted by molar-refractivity contribution is 5.69. The van der Waals surface area contributed by atoms with Gasteiger partial charge in [-0.25, -0.2) is 0 Å². The lowest BCUT2D eigenvalue weighted by Crippen LogP contribution is -2.12. The Balaban J connectivity index is 2.64. The summed E-state index contributed by atoms with van der Waals surface area (Å²) < 4.78 is 37.6. The molecule has 1 unspecified atom stereocenters. The summed E-state index contributed by atoms with van der Waals surface area (Å²) >= 11 is 0. The summed E-state index contributed by atoms with van der Waals surface area (Å²) in [6.45, 7) is 1.97. The standard InChI is InChI=1S/C14H15F3N2O2/c1-9(13(20)21)3-2-6-19-12-5-4-11(14(15,16)17)7-10(12)8-18/h4-5,7,9,19H,2-3,6H2,1H3,(H,20,21). The van der Waals surface area contributed by atoms with Gasteiger partial charge in [-0.3, -0.25) is 4.79 Å². The molecule has 0 saturated heterocycles. The maximum Gasteiger partial charge on any atom is 0.416 e. The van der Waals surface area contributed by atoms with Crippen molar-refractivity contribution >= 4 is 11.7 Å². The van der Waals surface area contributed by atoms with Gasteiger partial charge in [0.2, 0.25) is 0 Å². The molecule has 0 spiro atoms. The van der Waals surface area contributed by atoms with E-state index in [2.05, 4.69) is 5.32 Å². The minimum absolute atomic E-state index is 0.0869. The summed E-state index contributed by atoms with van der Waals surface area (Å²) in [4.78, 5) is 10.6. The van der Waals surface area contributed by atoms with E-state index < -0.39 is 23.6 Å². The monoisotopic (exact) mass is 300 g/mol. The van der Waals surface area contributed by atoms with Crippen LogP contribution in [0.25, 0.3) is 0 Å². The molecule has 0 bridgehead atoms. The van der Waals surface area contributed by atoms with Crippen LogP contribution in [0, 0.1) is 17.2 Å². The van der Waals surface area contributed by atoms with Crippen LogP contribution in [0.5, 0.6) is 0 Å². The van der Waals surface area contributed by atoms with E-state index in [0.717, 1.165) is 12.1 Å². The third-order valence-corrected chi connectivity index (χ3v) is 3.02. The molecule has 7 heteroatoms. The van der Waals surface area contributed by atoms with Crippen LogP contribution < -0.4 is 5.32 Å². The number of nitrogens with zero attached hydrogens (tertiary/aromatic N) is 1. The zero-order valence-corrected chi connectivity index (χ0v) is 11.4. The SMILES string of the molecule is CC(CCCNc1ccc(C(F)(F)F)cc1C#N)C(=O)O. The van der Waals surface area contributed by atoms with Gasteiger partial charge in [0.25, 0.3) is 0 Å². The van der Waals surface area contributed by atoms with E-state index >= 15 is 0 Å². The van der Waals surface area contributed by atoms with E-state index in [1.54, 1.807) is 13.0 Å². The van der Waals surface area contributed by atoms with Crippen LogP contribution in [0.3, 0.4) is 0 Å². The Morgan fingerprint density at radius 2 is 2.14 bits per heavy atom. The van der Waals surface area contributed by atoms with Crippen LogP contribution in [0.2, 0.25) is 0 Å². The summed E-state index contributed by atoms with van der Waals surface area (Å²) in [5.74, 6) is -1.36.